The van der Waals surface area contributed by atoms with E-state index in [9.17, 15) is 0 Å². The molecule has 0 aliphatic rings. The van der Waals surface area contributed by atoms with Crippen molar-refractivity contribution in [3.05, 3.63) is 66.9 Å². The van der Waals surface area contributed by atoms with Crippen LogP contribution < -0.4 is 21.5 Å². The maximum atomic E-state index is 4.55. The van der Waals surface area contributed by atoms with E-state index in [4.69, 9.17) is 0 Å². The quantitative estimate of drug-likeness (QED) is 0.536. The van der Waals surface area contributed by atoms with Crippen molar-refractivity contribution in [3.8, 4) is 0 Å². The van der Waals surface area contributed by atoms with Gasteiger partial charge in [0.15, 0.2) is 18.9 Å². The third-order valence-corrected chi connectivity index (χ3v) is 2.54. The molecule has 0 spiro atoms. The molecule has 0 amide bonds. The van der Waals surface area contributed by atoms with Crippen LogP contribution in [0.1, 0.15) is 5.69 Å². The highest BCUT2D eigenvalue weighted by Gasteiger charge is 2.05. The van der Waals surface area contributed by atoms with E-state index >= 15 is 0 Å². The zero-order valence-corrected chi connectivity index (χ0v) is 10.8. The van der Waals surface area contributed by atoms with Gasteiger partial charge in [0.2, 0.25) is 0 Å². The van der Waals surface area contributed by atoms with E-state index in [1.54, 1.807) is 0 Å². The summed E-state index contributed by atoms with van der Waals surface area (Å²) in [4.78, 5) is 4.55. The zero-order valence-electron chi connectivity index (χ0n) is 9.20. The van der Waals surface area contributed by atoms with Crippen molar-refractivity contribution in [2.45, 2.75) is 6.54 Å². The van der Waals surface area contributed by atoms with Gasteiger partial charge in [-0.1, -0.05) is 12.1 Å². The lowest BCUT2D eigenvalue weighted by Crippen LogP contribution is -3.00. The fourth-order valence-corrected chi connectivity index (χ4v) is 1.79. The third-order valence-electron chi connectivity index (χ3n) is 2.54. The molecule has 3 aromatic heterocycles. The van der Waals surface area contributed by atoms with Gasteiger partial charge < -0.3 is 21.4 Å². The van der Waals surface area contributed by atoms with Gasteiger partial charge in [0.1, 0.15) is 11.3 Å². The zero-order chi connectivity index (χ0) is 10.8. The first-order chi connectivity index (χ1) is 7.92. The molecule has 3 rings (SSSR count). The Hall–Kier alpha value is -1.68. The number of nitrogens with zero attached hydrogens (tertiary/aromatic N) is 3. The van der Waals surface area contributed by atoms with E-state index in [2.05, 4.69) is 15.7 Å². The predicted molar refractivity (Wildman–Crippen MR) is 60.9 cm³/mol. The molecule has 3 nitrogen and oxygen atoms in total. The summed E-state index contributed by atoms with van der Waals surface area (Å²) in [6, 6.07) is 12.1. The summed E-state index contributed by atoms with van der Waals surface area (Å²) in [5.41, 5.74) is 2.07. The van der Waals surface area contributed by atoms with Crippen LogP contribution in [-0.2, 0) is 6.54 Å². The predicted octanol–water partition coefficient (Wildman–Crippen LogP) is -1.33. The van der Waals surface area contributed by atoms with E-state index in [1.165, 1.54) is 0 Å². The first-order valence-corrected chi connectivity index (χ1v) is 5.28. The second-order valence-corrected chi connectivity index (χ2v) is 3.75. The van der Waals surface area contributed by atoms with Gasteiger partial charge in [-0.2, -0.15) is 4.57 Å². The smallest absolute Gasteiger partial charge is 0.192 e. The number of fused-ring (bicyclic) bond motifs is 1. The Bertz CT molecular complexity index is 571. The molecule has 0 unspecified atom stereocenters. The van der Waals surface area contributed by atoms with Gasteiger partial charge in [-0.3, -0.25) is 0 Å². The Labute approximate surface area is 110 Å². The van der Waals surface area contributed by atoms with Crippen LogP contribution in [-0.4, -0.2) is 9.38 Å². The topological polar surface area (TPSA) is 21.2 Å². The summed E-state index contributed by atoms with van der Waals surface area (Å²) in [7, 11) is 0. The first-order valence-electron chi connectivity index (χ1n) is 5.28. The van der Waals surface area contributed by atoms with Gasteiger partial charge >= 0.3 is 0 Å². The van der Waals surface area contributed by atoms with Crippen molar-refractivity contribution in [2.24, 2.45) is 0 Å². The molecule has 0 bridgehead atoms. The van der Waals surface area contributed by atoms with Crippen LogP contribution >= 0.6 is 0 Å². The van der Waals surface area contributed by atoms with Crippen molar-refractivity contribution in [1.82, 2.24) is 9.38 Å². The summed E-state index contributed by atoms with van der Waals surface area (Å²) in [6.45, 7) is 0.808. The van der Waals surface area contributed by atoms with E-state index < -0.39 is 0 Å². The van der Waals surface area contributed by atoms with Crippen LogP contribution in [0.3, 0.4) is 0 Å². The Kier molecular flexibility index (Phi) is 3.54. The highest BCUT2D eigenvalue weighted by molar-refractivity contribution is 5.39. The fraction of sp³-hybridized carbons (Fsp3) is 0.0769. The minimum Gasteiger partial charge on any atom is -1.00 e. The molecule has 0 aliphatic heterocycles. The van der Waals surface area contributed by atoms with Gasteiger partial charge in [-0.15, -0.1) is 0 Å². The normalized spacial score (nSPS) is 10.1. The van der Waals surface area contributed by atoms with Crippen molar-refractivity contribution < 1.29 is 21.5 Å². The molecule has 4 heteroatoms. The van der Waals surface area contributed by atoms with Gasteiger partial charge in [-0.25, -0.2) is 4.98 Å². The first kappa shape index (κ1) is 11.8. The third kappa shape index (κ3) is 2.53. The molecule has 0 aromatic carbocycles. The molecule has 0 radical (unpaired) electrons. The van der Waals surface area contributed by atoms with E-state index in [1.807, 2.05) is 59.4 Å². The van der Waals surface area contributed by atoms with Crippen LogP contribution in [0, 0.1) is 0 Å². The van der Waals surface area contributed by atoms with Crippen LogP contribution in [0.25, 0.3) is 5.65 Å². The molecule has 0 saturated heterocycles. The average Bonchev–Trinajstić information content (AvgIpc) is 2.72. The van der Waals surface area contributed by atoms with Crippen molar-refractivity contribution in [1.29, 1.82) is 0 Å². The van der Waals surface area contributed by atoms with Crippen LogP contribution in [0.5, 0.6) is 0 Å². The van der Waals surface area contributed by atoms with Gasteiger partial charge in [0, 0.05) is 24.5 Å². The largest absolute Gasteiger partial charge is 1.00 e. The van der Waals surface area contributed by atoms with E-state index in [0.717, 1.165) is 17.9 Å². The van der Waals surface area contributed by atoms with Gasteiger partial charge in [0.05, 0.1) is 0 Å². The molecule has 17 heavy (non-hydrogen) atoms. The average molecular weight is 290 g/mol. The van der Waals surface area contributed by atoms with Gasteiger partial charge in [0.25, 0.3) is 0 Å². The number of imidazole rings is 1. The number of aromatic nitrogens is 3. The van der Waals surface area contributed by atoms with Gasteiger partial charge in [-0.05, 0) is 12.1 Å². The second-order valence-electron chi connectivity index (χ2n) is 3.75. The molecule has 0 atom stereocenters. The minimum absolute atomic E-state index is 0. The summed E-state index contributed by atoms with van der Waals surface area (Å²) in [5, 5.41) is 0. The Morgan fingerprint density at radius 1 is 1.06 bits per heavy atom. The van der Waals surface area contributed by atoms with Crippen molar-refractivity contribution in [2.75, 3.05) is 0 Å². The lowest BCUT2D eigenvalue weighted by molar-refractivity contribution is -0.688. The van der Waals surface area contributed by atoms with E-state index in [0.29, 0.717) is 0 Å². The summed E-state index contributed by atoms with van der Waals surface area (Å²) < 4.78 is 4.15. The van der Waals surface area contributed by atoms with E-state index in [-0.39, 0.29) is 17.0 Å². The fourth-order valence-electron chi connectivity index (χ4n) is 1.79. The monoisotopic (exact) mass is 289 g/mol. The molecule has 3 aromatic rings. The number of halogens is 1. The summed E-state index contributed by atoms with van der Waals surface area (Å²) in [5.74, 6) is 0. The number of hydrogen-bond donors (Lipinski definition) is 0. The van der Waals surface area contributed by atoms with Crippen molar-refractivity contribution in [3.63, 3.8) is 0 Å². The molecule has 0 N–H and O–H groups in total. The molecule has 0 fully saturated rings. The maximum absolute atomic E-state index is 4.55. The second kappa shape index (κ2) is 5.10. The lowest BCUT2D eigenvalue weighted by Gasteiger charge is -1.90. The summed E-state index contributed by atoms with van der Waals surface area (Å²) in [6.07, 6.45) is 8.17. The number of hydrogen-bond acceptors (Lipinski definition) is 1. The molecular formula is C13H12BrN3. The lowest BCUT2D eigenvalue weighted by atomic mass is 10.4. The molecule has 0 aliphatic carbocycles. The minimum atomic E-state index is 0. The standard InChI is InChI=1S/C13H12N3.BrH/c1-3-7-15(8-4-1)10-12-11-16-9-5-2-6-13(16)14-12;/h1-9,11H,10H2;1H/q+1;/p-1. The van der Waals surface area contributed by atoms with Crippen molar-refractivity contribution >= 4 is 5.65 Å². The van der Waals surface area contributed by atoms with Crippen LogP contribution in [0.2, 0.25) is 0 Å². The highest BCUT2D eigenvalue weighted by Crippen LogP contribution is 2.03. The highest BCUT2D eigenvalue weighted by atomic mass is 79.9. The maximum Gasteiger partial charge on any atom is 0.192 e. The number of pyridine rings is 2. The molecule has 0 saturated carbocycles. The van der Waals surface area contributed by atoms with Crippen LogP contribution in [0.4, 0.5) is 0 Å². The SMILES string of the molecule is [Br-].c1cc[n+](Cc2cn3ccccc3n2)cc1. The number of rotatable bonds is 2. The Balaban J connectivity index is 0.00000108. The Morgan fingerprint density at radius 3 is 2.65 bits per heavy atom. The van der Waals surface area contributed by atoms with Crippen LogP contribution in [0.15, 0.2) is 61.2 Å². The summed E-state index contributed by atoms with van der Waals surface area (Å²) >= 11 is 0. The molecule has 86 valence electrons. The molecule has 3 heterocycles. The molecular weight excluding hydrogens is 278 g/mol. The Morgan fingerprint density at radius 2 is 1.88 bits per heavy atom.